The molecule has 2 nitrogen and oxygen atoms in total. The summed E-state index contributed by atoms with van der Waals surface area (Å²) < 4.78 is 0. The molecule has 0 atom stereocenters. The van der Waals surface area contributed by atoms with Gasteiger partial charge in [0.1, 0.15) is 0 Å². The molecule has 34 heavy (non-hydrogen) atoms. The third-order valence-corrected chi connectivity index (χ3v) is 3.27. The Labute approximate surface area is 299 Å². The molecule has 0 saturated heterocycles. The van der Waals surface area contributed by atoms with Crippen LogP contribution >= 0.6 is 146 Å². The van der Waals surface area contributed by atoms with Crippen molar-refractivity contribution in [1.29, 1.82) is 0 Å². The van der Waals surface area contributed by atoms with Crippen LogP contribution in [0, 0.1) is 0 Å². The minimum atomic E-state index is 0. The molecule has 0 unspecified atom stereocenters. The molecule has 0 amide bonds. The normalized spacial score (nSPS) is 8.12. The van der Waals surface area contributed by atoms with E-state index in [4.69, 9.17) is 40.5 Å². The average molecular weight is 1230 g/mol. The summed E-state index contributed by atoms with van der Waals surface area (Å²) in [5.74, 6) is 1.06. The minimum absolute atomic E-state index is 0. The summed E-state index contributed by atoms with van der Waals surface area (Å²) in [6.07, 6.45) is 5.41. The smallest absolute Gasteiger partial charge is 0.0178 e. The van der Waals surface area contributed by atoms with Crippen molar-refractivity contribution in [3.63, 3.8) is 0 Å². The Morgan fingerprint density at radius 3 is 1.47 bits per heavy atom. The van der Waals surface area contributed by atoms with Gasteiger partial charge in [-0.2, -0.15) is 0 Å². The molecule has 0 aliphatic carbocycles. The molecule has 204 valence electrons. The molecule has 3 N–H and O–H groups in total. The summed E-state index contributed by atoms with van der Waals surface area (Å²) in [5.41, 5.74) is 9.21. The summed E-state index contributed by atoms with van der Waals surface area (Å²) >= 11 is 25.2. The van der Waals surface area contributed by atoms with Crippen LogP contribution < -0.4 is 24.3 Å². The third-order valence-electron chi connectivity index (χ3n) is 2.73. The fourth-order valence-electron chi connectivity index (χ4n) is 1.55. The van der Waals surface area contributed by atoms with Gasteiger partial charge in [0, 0.05) is 67.6 Å². The number of hydrogen-bond acceptors (Lipinski definition) is 2. The van der Waals surface area contributed by atoms with Crippen molar-refractivity contribution in [3.8, 4) is 0 Å². The average Bonchev–Trinajstić information content (AvgIpc) is 2.81. The number of nitrogens with two attached hydrogens (primary N) is 1. The minimum Gasteiger partial charge on any atom is -0.326 e. The largest absolute Gasteiger partial charge is 0.326 e. The van der Waals surface area contributed by atoms with Gasteiger partial charge in [-0.1, -0.05) is 99.3 Å². The van der Waals surface area contributed by atoms with Crippen molar-refractivity contribution in [3.05, 3.63) is 95.7 Å². The monoisotopic (exact) mass is 1230 g/mol. The molecular formula is C22H35Cl4I6N2-. The van der Waals surface area contributed by atoms with Gasteiger partial charge >= 0.3 is 50.5 Å². The van der Waals surface area contributed by atoms with E-state index in [0.717, 1.165) is 6.54 Å². The first kappa shape index (κ1) is 53.5. The van der Waals surface area contributed by atoms with Crippen LogP contribution in [0.5, 0.6) is 0 Å². The van der Waals surface area contributed by atoms with E-state index in [9.17, 15) is 0 Å². The van der Waals surface area contributed by atoms with E-state index >= 15 is 0 Å². The van der Waals surface area contributed by atoms with Crippen LogP contribution in [0.1, 0.15) is 26.0 Å². The molecule has 0 saturated carbocycles. The van der Waals surface area contributed by atoms with Crippen molar-refractivity contribution >= 4 is 146 Å². The zero-order valence-electron chi connectivity index (χ0n) is 16.8. The molecule has 2 aromatic rings. The molecule has 0 aliphatic heterocycles. The van der Waals surface area contributed by atoms with Gasteiger partial charge in [-0.05, 0) is 17.3 Å². The number of halogens is 10. The van der Waals surface area contributed by atoms with Crippen LogP contribution in [0.15, 0.2) is 84.6 Å². The number of rotatable bonds is 6. The summed E-state index contributed by atoms with van der Waals surface area (Å²) in [7, 11) is 0. The van der Waals surface area contributed by atoms with Gasteiger partial charge in [0.15, 0.2) is 0 Å². The Kier molecular flexibility index (Phi) is 82.8. The van der Waals surface area contributed by atoms with Crippen molar-refractivity contribution in [2.75, 3.05) is 11.8 Å². The molecule has 0 aromatic heterocycles. The first-order valence-corrected chi connectivity index (χ1v) is 28.6. The molecular weight excluding hydrogens is 1200 g/mol. The molecule has 0 bridgehead atoms. The van der Waals surface area contributed by atoms with E-state index in [1.54, 1.807) is 6.08 Å². The maximum Gasteiger partial charge on any atom is 0.0178 e. The summed E-state index contributed by atoms with van der Waals surface area (Å²) in [4.78, 5) is 0. The third kappa shape index (κ3) is 48.3. The van der Waals surface area contributed by atoms with Crippen molar-refractivity contribution in [2.45, 2.75) is 27.9 Å². The van der Waals surface area contributed by atoms with Crippen molar-refractivity contribution < 1.29 is 13.3 Å². The van der Waals surface area contributed by atoms with Gasteiger partial charge in [0.25, 0.3) is 0 Å². The fourth-order valence-corrected chi connectivity index (χ4v) is 1.91. The number of allylic oxidation sites excluding steroid dienone is 2. The first-order chi connectivity index (χ1) is 14.7. The second-order valence-electron chi connectivity index (χ2n) is 4.68. The van der Waals surface area contributed by atoms with Gasteiger partial charge < -0.3 is 11.1 Å². The SMILES string of the molecule is C.C.Cl.ClC=CCCl.ClCC=CNCc1ccccc1.I.II.I[I-]I.NCc1ccccc1. The van der Waals surface area contributed by atoms with Crippen LogP contribution in [-0.4, -0.2) is 11.8 Å². The number of hydrogen-bond donors (Lipinski definition) is 2. The predicted molar refractivity (Wildman–Crippen MR) is 205 cm³/mol. The maximum absolute atomic E-state index is 5.46. The Bertz CT molecular complexity index is 598. The summed E-state index contributed by atoms with van der Waals surface area (Å²) in [5, 5.41) is 3.14. The summed E-state index contributed by atoms with van der Waals surface area (Å²) in [6, 6.07) is 20.2. The topological polar surface area (TPSA) is 38.0 Å². The number of alkyl halides is 2. The van der Waals surface area contributed by atoms with E-state index in [1.165, 1.54) is 16.7 Å². The molecule has 0 fully saturated rings. The second kappa shape index (κ2) is 52.6. The number of nitrogens with one attached hydrogen (secondary N) is 1. The van der Waals surface area contributed by atoms with Gasteiger partial charge in [-0.25, -0.2) is 0 Å². The van der Waals surface area contributed by atoms with E-state index in [-0.39, 0.29) is 51.2 Å². The number of benzene rings is 2. The zero-order valence-corrected chi connectivity index (χ0v) is 33.0. The van der Waals surface area contributed by atoms with Gasteiger partial charge in [0.2, 0.25) is 0 Å². The molecule has 0 heterocycles. The second-order valence-corrected chi connectivity index (χ2v) is 21.8. The molecule has 2 aromatic carbocycles. The van der Waals surface area contributed by atoms with E-state index in [1.807, 2.05) is 60.8 Å². The molecule has 12 heteroatoms. The summed E-state index contributed by atoms with van der Waals surface area (Å²) in [6.45, 7) is 1.50. The molecule has 0 spiro atoms. The predicted octanol–water partition coefficient (Wildman–Crippen LogP) is 8.51. The molecule has 2 rings (SSSR count). The van der Waals surface area contributed by atoms with Crippen molar-refractivity contribution in [2.24, 2.45) is 5.73 Å². The van der Waals surface area contributed by atoms with E-state index in [2.05, 4.69) is 91.9 Å². The Balaban J connectivity index is -0.0000000587. The zero-order chi connectivity index (χ0) is 23.3. The van der Waals surface area contributed by atoms with Crippen molar-refractivity contribution in [1.82, 2.24) is 5.32 Å². The van der Waals surface area contributed by atoms with Gasteiger partial charge in [-0.15, -0.1) is 59.6 Å². The van der Waals surface area contributed by atoms with Crippen LogP contribution in [0.2, 0.25) is 0 Å². The fraction of sp³-hybridized carbons (Fsp3) is 0.273. The van der Waals surface area contributed by atoms with Gasteiger partial charge in [-0.3, -0.25) is 0 Å². The Morgan fingerprint density at radius 1 is 0.824 bits per heavy atom. The first-order valence-electron chi connectivity index (χ1n) is 8.24. The van der Waals surface area contributed by atoms with Crippen LogP contribution in [0.25, 0.3) is 0 Å². The Hall–Kier alpha value is 3.22. The van der Waals surface area contributed by atoms with Crippen LogP contribution in [0.4, 0.5) is 0 Å². The quantitative estimate of drug-likeness (QED) is 0.225. The molecule has 0 aliphatic rings. The molecule has 0 radical (unpaired) electrons. The van der Waals surface area contributed by atoms with Crippen LogP contribution in [-0.2, 0) is 13.1 Å². The van der Waals surface area contributed by atoms with E-state index < -0.39 is 0 Å². The Morgan fingerprint density at radius 2 is 1.21 bits per heavy atom. The maximum atomic E-state index is 5.46. The van der Waals surface area contributed by atoms with Crippen LogP contribution in [0.3, 0.4) is 0 Å². The van der Waals surface area contributed by atoms with Gasteiger partial charge in [0.05, 0.1) is 0 Å². The standard InChI is InChI=1S/C10H12ClN.C7H9N.C3H4Cl2.2CH4.ClH.I3.I2.HI/c11-7-4-8-12-9-10-5-2-1-3-6-10;8-6-7-4-2-1-3-5-7;4-2-1-3-5;;;;1-3-2;1-2;/h1-6,8,12H,7,9H2;1-5H,6,8H2;1-2H,3H2;2*1H4;1H;;;1H/q;;;;;;-1;;. The van der Waals surface area contributed by atoms with E-state index in [0.29, 0.717) is 31.6 Å².